The number of aliphatic carboxylic acids is 2. The van der Waals surface area contributed by atoms with Crippen molar-refractivity contribution in [2.24, 2.45) is 0 Å². The van der Waals surface area contributed by atoms with Gasteiger partial charge in [0.15, 0.2) is 0 Å². The Hall–Kier alpha value is -1.67. The van der Waals surface area contributed by atoms with E-state index in [0.29, 0.717) is 0 Å². The topological polar surface area (TPSA) is 129 Å². The van der Waals surface area contributed by atoms with Crippen LogP contribution in [0.2, 0.25) is 0 Å². The third-order valence-corrected chi connectivity index (χ3v) is 3.59. The van der Waals surface area contributed by atoms with Gasteiger partial charge in [-0.2, -0.15) is 8.42 Å². The molecule has 88 valence electrons. The summed E-state index contributed by atoms with van der Waals surface area (Å²) in [5.74, 6) is -3.25. The van der Waals surface area contributed by atoms with Crippen molar-refractivity contribution in [3.63, 3.8) is 0 Å². The minimum absolute atomic E-state index is 0.400. The Balaban J connectivity index is 3.32. The molecule has 1 aliphatic rings. The van der Waals surface area contributed by atoms with Crippen LogP contribution in [0.1, 0.15) is 6.42 Å². The van der Waals surface area contributed by atoms with Crippen LogP contribution in [0, 0.1) is 0 Å². The second-order valence-electron chi connectivity index (χ2n) is 3.20. The first kappa shape index (κ1) is 12.4. The first-order valence-electron chi connectivity index (χ1n) is 4.03. The molecule has 1 aliphatic carbocycles. The number of hydrogen-bond donors (Lipinski definition) is 3. The van der Waals surface area contributed by atoms with Gasteiger partial charge < -0.3 is 10.2 Å². The number of hydrogen-bond acceptors (Lipinski definition) is 4. The first-order valence-corrected chi connectivity index (χ1v) is 5.47. The maximum atomic E-state index is 11.0. The molecular weight excluding hydrogens is 240 g/mol. The zero-order valence-electron chi connectivity index (χ0n) is 7.82. The molecule has 0 spiro atoms. The predicted octanol–water partition coefficient (Wildman–Crippen LogP) is -0.331. The fraction of sp³-hybridized carbons (Fsp3) is 0.250. The van der Waals surface area contributed by atoms with Crippen LogP contribution in [0.3, 0.4) is 0 Å². The Kier molecular flexibility index (Phi) is 2.89. The van der Waals surface area contributed by atoms with E-state index in [1.807, 2.05) is 0 Å². The van der Waals surface area contributed by atoms with E-state index in [9.17, 15) is 18.0 Å². The standard InChI is InChI=1S/C8H8O7S/c9-6(10)5-2-1-3-8(4-5,7(11)12)16(13,14)15/h1-3H,4H2,(H,9,10)(H,11,12)(H,13,14,15). The van der Waals surface area contributed by atoms with Gasteiger partial charge in [-0.25, -0.2) is 4.79 Å². The van der Waals surface area contributed by atoms with Crippen molar-refractivity contribution >= 4 is 22.1 Å². The third kappa shape index (κ3) is 1.84. The number of carboxylic acid groups (broad SMARTS) is 2. The summed E-state index contributed by atoms with van der Waals surface area (Å²) in [6, 6.07) is 0. The molecule has 0 saturated carbocycles. The van der Waals surface area contributed by atoms with Gasteiger partial charge in [-0.1, -0.05) is 12.2 Å². The van der Waals surface area contributed by atoms with Crippen molar-refractivity contribution in [3.05, 3.63) is 23.8 Å². The molecule has 8 heteroatoms. The molecule has 0 aromatic heterocycles. The lowest BCUT2D eigenvalue weighted by molar-refractivity contribution is -0.139. The molecule has 0 heterocycles. The Morgan fingerprint density at radius 1 is 1.31 bits per heavy atom. The van der Waals surface area contributed by atoms with E-state index < -0.39 is 38.8 Å². The molecule has 0 bridgehead atoms. The van der Waals surface area contributed by atoms with Crippen molar-refractivity contribution in [1.82, 2.24) is 0 Å². The van der Waals surface area contributed by atoms with Crippen LogP contribution in [-0.4, -0.2) is 39.9 Å². The maximum Gasteiger partial charge on any atom is 0.331 e. The van der Waals surface area contributed by atoms with Gasteiger partial charge in [0, 0.05) is 12.0 Å². The lowest BCUT2D eigenvalue weighted by atomic mass is 9.93. The Bertz CT molecular complexity index is 498. The van der Waals surface area contributed by atoms with Crippen LogP contribution < -0.4 is 0 Å². The molecule has 7 nitrogen and oxygen atoms in total. The van der Waals surface area contributed by atoms with Crippen molar-refractivity contribution in [1.29, 1.82) is 0 Å². The SMILES string of the molecule is O=C(O)C1=CC=CC(C(=O)O)(S(=O)(=O)O)C1. The lowest BCUT2D eigenvalue weighted by Crippen LogP contribution is -2.46. The molecule has 0 aliphatic heterocycles. The van der Waals surface area contributed by atoms with Gasteiger partial charge >= 0.3 is 11.9 Å². The minimum Gasteiger partial charge on any atom is -0.480 e. The van der Waals surface area contributed by atoms with E-state index in [1.54, 1.807) is 0 Å². The van der Waals surface area contributed by atoms with E-state index >= 15 is 0 Å². The molecule has 0 amide bonds. The van der Waals surface area contributed by atoms with Gasteiger partial charge in [0.05, 0.1) is 0 Å². The molecule has 0 aromatic carbocycles. The van der Waals surface area contributed by atoms with Crippen LogP contribution in [0.15, 0.2) is 23.8 Å². The molecule has 0 saturated heterocycles. The van der Waals surface area contributed by atoms with Gasteiger partial charge in [0.25, 0.3) is 10.1 Å². The van der Waals surface area contributed by atoms with Gasteiger partial charge in [0.2, 0.25) is 4.75 Å². The Morgan fingerprint density at radius 2 is 1.88 bits per heavy atom. The second kappa shape index (κ2) is 3.72. The average Bonchev–Trinajstić information content (AvgIpc) is 2.15. The van der Waals surface area contributed by atoms with Crippen molar-refractivity contribution in [2.75, 3.05) is 0 Å². The van der Waals surface area contributed by atoms with E-state index in [2.05, 4.69) is 0 Å². The largest absolute Gasteiger partial charge is 0.480 e. The minimum atomic E-state index is -4.94. The van der Waals surface area contributed by atoms with Crippen molar-refractivity contribution in [3.8, 4) is 0 Å². The smallest absolute Gasteiger partial charge is 0.331 e. The Morgan fingerprint density at radius 3 is 2.25 bits per heavy atom. The highest BCUT2D eigenvalue weighted by atomic mass is 32.2. The van der Waals surface area contributed by atoms with Crippen molar-refractivity contribution in [2.45, 2.75) is 11.2 Å². The number of carbonyl (C=O) groups is 2. The highest BCUT2D eigenvalue weighted by Gasteiger charge is 2.50. The summed E-state index contributed by atoms with van der Waals surface area (Å²) in [5, 5.41) is 17.5. The molecule has 1 atom stereocenters. The zero-order valence-corrected chi connectivity index (χ0v) is 8.64. The second-order valence-corrected chi connectivity index (χ2v) is 4.88. The summed E-state index contributed by atoms with van der Waals surface area (Å²) in [5.41, 5.74) is -0.400. The van der Waals surface area contributed by atoms with Gasteiger partial charge in [-0.05, 0) is 6.08 Å². The number of carboxylic acids is 2. The number of allylic oxidation sites excluding steroid dienone is 2. The monoisotopic (exact) mass is 248 g/mol. The summed E-state index contributed by atoms with van der Waals surface area (Å²) in [7, 11) is -4.94. The highest BCUT2D eigenvalue weighted by molar-refractivity contribution is 7.88. The van der Waals surface area contributed by atoms with E-state index in [1.165, 1.54) is 0 Å². The Labute approximate surface area is 90.4 Å². The van der Waals surface area contributed by atoms with Crippen LogP contribution >= 0.6 is 0 Å². The zero-order chi connectivity index (χ0) is 12.6. The van der Waals surface area contributed by atoms with Gasteiger partial charge in [-0.15, -0.1) is 0 Å². The van der Waals surface area contributed by atoms with Crippen LogP contribution in [0.25, 0.3) is 0 Å². The summed E-state index contributed by atoms with van der Waals surface area (Å²) in [4.78, 5) is 21.5. The normalized spacial score (nSPS) is 24.9. The maximum absolute atomic E-state index is 11.0. The fourth-order valence-electron chi connectivity index (χ4n) is 1.30. The molecule has 0 radical (unpaired) electrons. The first-order chi connectivity index (χ1) is 7.21. The third-order valence-electron chi connectivity index (χ3n) is 2.21. The summed E-state index contributed by atoms with van der Waals surface area (Å²) in [6.45, 7) is 0. The predicted molar refractivity (Wildman–Crippen MR) is 51.4 cm³/mol. The molecule has 1 unspecified atom stereocenters. The van der Waals surface area contributed by atoms with Crippen LogP contribution in [-0.2, 0) is 19.7 Å². The fourth-order valence-corrected chi connectivity index (χ4v) is 2.11. The van der Waals surface area contributed by atoms with E-state index in [0.717, 1.165) is 18.2 Å². The molecule has 16 heavy (non-hydrogen) atoms. The van der Waals surface area contributed by atoms with Crippen LogP contribution in [0.5, 0.6) is 0 Å². The molecule has 1 rings (SSSR count). The van der Waals surface area contributed by atoms with Gasteiger partial charge in [0.1, 0.15) is 0 Å². The van der Waals surface area contributed by atoms with E-state index in [4.69, 9.17) is 14.8 Å². The summed E-state index contributed by atoms with van der Waals surface area (Å²) >= 11 is 0. The summed E-state index contributed by atoms with van der Waals surface area (Å²) < 4.78 is 28.3. The van der Waals surface area contributed by atoms with Gasteiger partial charge in [-0.3, -0.25) is 9.35 Å². The molecule has 0 fully saturated rings. The average molecular weight is 248 g/mol. The molecular formula is C8H8O7S. The quantitative estimate of drug-likeness (QED) is 0.583. The van der Waals surface area contributed by atoms with Crippen LogP contribution in [0.4, 0.5) is 0 Å². The summed E-state index contributed by atoms with van der Waals surface area (Å²) in [6.07, 6.45) is 1.99. The molecule has 0 aromatic rings. The number of rotatable bonds is 3. The lowest BCUT2D eigenvalue weighted by Gasteiger charge is -2.24. The van der Waals surface area contributed by atoms with E-state index in [-0.39, 0.29) is 0 Å². The highest BCUT2D eigenvalue weighted by Crippen LogP contribution is 2.30. The molecule has 3 N–H and O–H groups in total. The van der Waals surface area contributed by atoms with Crippen molar-refractivity contribution < 1.29 is 32.8 Å².